The Kier molecular flexibility index (Phi) is 8.79. The topological polar surface area (TPSA) is 69.9 Å². The van der Waals surface area contributed by atoms with Gasteiger partial charge < -0.3 is 13.4 Å². The van der Waals surface area contributed by atoms with Crippen LogP contribution in [-0.4, -0.2) is 19.5 Å². The maximum atomic E-state index is 6.95. The van der Waals surface area contributed by atoms with Crippen molar-refractivity contribution in [2.45, 2.75) is 0 Å². The van der Waals surface area contributed by atoms with Crippen molar-refractivity contribution >= 4 is 65.7 Å². The first kappa shape index (κ1) is 38.8. The van der Waals surface area contributed by atoms with Gasteiger partial charge in [-0.2, -0.15) is 0 Å². The van der Waals surface area contributed by atoms with Gasteiger partial charge in [-0.05, 0) is 58.7 Å². The van der Waals surface area contributed by atoms with Gasteiger partial charge in [0, 0.05) is 54.7 Å². The number of benzene rings is 10. The van der Waals surface area contributed by atoms with Crippen LogP contribution in [0.1, 0.15) is 0 Å². The maximum absolute atomic E-state index is 6.95. The van der Waals surface area contributed by atoms with Gasteiger partial charge in [-0.25, -0.2) is 15.0 Å². The van der Waals surface area contributed by atoms with E-state index in [4.69, 9.17) is 23.8 Å². The highest BCUT2D eigenvalue weighted by molar-refractivity contribution is 6.20. The minimum Gasteiger partial charge on any atom is -0.455 e. The fourth-order valence-corrected chi connectivity index (χ4v) is 10.3. The fourth-order valence-electron chi connectivity index (χ4n) is 10.3. The van der Waals surface area contributed by atoms with E-state index >= 15 is 0 Å². The molecule has 0 aliphatic carbocycles. The van der Waals surface area contributed by atoms with Crippen molar-refractivity contribution in [3.63, 3.8) is 0 Å². The van der Waals surface area contributed by atoms with Crippen LogP contribution in [-0.2, 0) is 0 Å². The second-order valence-corrected chi connectivity index (χ2v) is 17.5. The van der Waals surface area contributed by atoms with E-state index in [-0.39, 0.29) is 0 Å². The van der Waals surface area contributed by atoms with E-state index in [9.17, 15) is 0 Å². The van der Waals surface area contributed by atoms with E-state index in [0.717, 1.165) is 99.5 Å². The number of fused-ring (bicyclic) bond motifs is 9. The molecule has 14 aromatic rings. The van der Waals surface area contributed by atoms with Crippen molar-refractivity contribution < 1.29 is 8.83 Å². The molecule has 0 saturated heterocycles. The maximum Gasteiger partial charge on any atom is 0.164 e. The van der Waals surface area contributed by atoms with Crippen LogP contribution in [0.4, 0.5) is 0 Å². The summed E-state index contributed by atoms with van der Waals surface area (Å²) in [5.74, 6) is 1.76. The summed E-state index contributed by atoms with van der Waals surface area (Å²) in [4.78, 5) is 15.4. The SMILES string of the molecule is c1ccc(-c2ccc(-c3nc(-c4ccccc4)nc(-c4cccc5oc6c(-c7cccc8c7oc7cccc(-n9c%10ccccc%10c%10cc(-c%11ccccc%11)ccc%109)c78)cccc6c45)n3)cc2)cc1. The number of aromatic nitrogens is 4. The van der Waals surface area contributed by atoms with E-state index in [0.29, 0.717) is 17.5 Å². The molecule has 0 bridgehead atoms. The zero-order chi connectivity index (χ0) is 45.4. The van der Waals surface area contributed by atoms with Crippen LogP contribution < -0.4 is 0 Å². The molecule has 4 heterocycles. The van der Waals surface area contributed by atoms with Crippen molar-refractivity contribution in [1.29, 1.82) is 0 Å². The largest absolute Gasteiger partial charge is 0.455 e. The molecule has 0 saturated carbocycles. The summed E-state index contributed by atoms with van der Waals surface area (Å²) in [5, 5.41) is 6.39. The molecule has 6 heteroatoms. The normalized spacial score (nSPS) is 11.8. The summed E-state index contributed by atoms with van der Waals surface area (Å²) in [6, 6.07) is 80.2. The number of rotatable bonds is 7. The third kappa shape index (κ3) is 6.30. The lowest BCUT2D eigenvalue weighted by Gasteiger charge is -2.10. The third-order valence-electron chi connectivity index (χ3n) is 13.5. The molecule has 322 valence electrons. The van der Waals surface area contributed by atoms with E-state index < -0.39 is 0 Å². The number of hydrogen-bond donors (Lipinski definition) is 0. The molecule has 0 aliphatic heterocycles. The van der Waals surface area contributed by atoms with Gasteiger partial charge in [0.05, 0.1) is 22.1 Å². The highest BCUT2D eigenvalue weighted by Gasteiger charge is 2.23. The monoisotopic (exact) mass is 882 g/mol. The highest BCUT2D eigenvalue weighted by atomic mass is 16.3. The van der Waals surface area contributed by atoms with E-state index in [2.05, 4.69) is 187 Å². The number of para-hydroxylation sites is 3. The molecule has 10 aromatic carbocycles. The van der Waals surface area contributed by atoms with E-state index in [1.807, 2.05) is 48.5 Å². The van der Waals surface area contributed by atoms with Gasteiger partial charge in [0.1, 0.15) is 22.3 Å². The lowest BCUT2D eigenvalue weighted by Crippen LogP contribution is -2.00. The summed E-state index contributed by atoms with van der Waals surface area (Å²) in [6.07, 6.45) is 0. The average molecular weight is 883 g/mol. The second kappa shape index (κ2) is 15.6. The Balaban J connectivity index is 0.926. The van der Waals surface area contributed by atoms with Gasteiger partial charge in [0.25, 0.3) is 0 Å². The number of furan rings is 2. The molecule has 14 rings (SSSR count). The Morgan fingerprint density at radius 2 is 0.739 bits per heavy atom. The molecule has 0 spiro atoms. The molecule has 69 heavy (non-hydrogen) atoms. The Morgan fingerprint density at radius 1 is 0.290 bits per heavy atom. The lowest BCUT2D eigenvalue weighted by molar-refractivity contribution is 0.665. The summed E-state index contributed by atoms with van der Waals surface area (Å²) in [6.45, 7) is 0. The molecular formula is C63H38N4O2. The Hall–Kier alpha value is -9.39. The van der Waals surface area contributed by atoms with E-state index in [1.165, 1.54) is 21.9 Å². The summed E-state index contributed by atoms with van der Waals surface area (Å²) < 4.78 is 16.3. The first-order chi connectivity index (χ1) is 34.2. The molecular weight excluding hydrogens is 845 g/mol. The summed E-state index contributed by atoms with van der Waals surface area (Å²) >= 11 is 0. The Bertz CT molecular complexity index is 4290. The lowest BCUT2D eigenvalue weighted by atomic mass is 9.98. The van der Waals surface area contributed by atoms with Crippen LogP contribution in [0, 0.1) is 0 Å². The fraction of sp³-hybridized carbons (Fsp3) is 0. The zero-order valence-electron chi connectivity index (χ0n) is 37.0. The minimum atomic E-state index is 0.568. The third-order valence-corrected chi connectivity index (χ3v) is 13.5. The first-order valence-electron chi connectivity index (χ1n) is 23.2. The average Bonchev–Trinajstić information content (AvgIpc) is 4.11. The molecule has 0 amide bonds. The van der Waals surface area contributed by atoms with Crippen LogP contribution in [0.2, 0.25) is 0 Å². The molecule has 0 atom stereocenters. The van der Waals surface area contributed by atoms with Crippen LogP contribution in [0.25, 0.3) is 139 Å². The molecule has 4 aromatic heterocycles. The zero-order valence-corrected chi connectivity index (χ0v) is 37.0. The van der Waals surface area contributed by atoms with Crippen LogP contribution in [0.15, 0.2) is 239 Å². The van der Waals surface area contributed by atoms with Crippen molar-refractivity contribution in [1.82, 2.24) is 19.5 Å². The molecule has 0 unspecified atom stereocenters. The molecule has 0 aliphatic rings. The van der Waals surface area contributed by atoms with Gasteiger partial charge in [0.2, 0.25) is 0 Å². The van der Waals surface area contributed by atoms with Crippen LogP contribution >= 0.6 is 0 Å². The predicted octanol–water partition coefficient (Wildman–Crippen LogP) is 16.8. The van der Waals surface area contributed by atoms with Gasteiger partial charge >= 0.3 is 0 Å². The van der Waals surface area contributed by atoms with Gasteiger partial charge in [0.15, 0.2) is 17.5 Å². The summed E-state index contributed by atoms with van der Waals surface area (Å²) in [5.41, 5.74) is 15.7. The van der Waals surface area contributed by atoms with Gasteiger partial charge in [-0.15, -0.1) is 0 Å². The quantitative estimate of drug-likeness (QED) is 0.159. The number of nitrogens with zero attached hydrogens (tertiary/aromatic N) is 4. The predicted molar refractivity (Wildman–Crippen MR) is 281 cm³/mol. The molecule has 6 nitrogen and oxygen atoms in total. The standard InChI is InChI=1S/C63H38N4O2/c1-4-16-39(17-5-1)41-32-34-43(35-33-41)62-64-61(42-20-8-3-9-21-42)65-63(66-62)50-27-14-30-55-57(50)48-25-12-23-46(59(48)68-55)47-24-13-26-49-58-54(29-15-31-56(58)69-60(47)49)67-52-28-11-10-22-45(52)51-38-44(36-37-53(51)67)40-18-6-2-7-19-40/h1-38H. The molecule has 0 N–H and O–H groups in total. The minimum absolute atomic E-state index is 0.568. The Labute approximate surface area is 396 Å². The second-order valence-electron chi connectivity index (χ2n) is 17.5. The van der Waals surface area contributed by atoms with Crippen LogP contribution in [0.3, 0.4) is 0 Å². The van der Waals surface area contributed by atoms with Gasteiger partial charge in [-0.3, -0.25) is 0 Å². The van der Waals surface area contributed by atoms with Crippen molar-refractivity contribution in [2.75, 3.05) is 0 Å². The Morgan fingerprint density at radius 3 is 1.42 bits per heavy atom. The van der Waals surface area contributed by atoms with Crippen molar-refractivity contribution in [3.8, 4) is 73.2 Å². The smallest absolute Gasteiger partial charge is 0.164 e. The molecule has 0 fully saturated rings. The van der Waals surface area contributed by atoms with Gasteiger partial charge in [-0.1, -0.05) is 194 Å². The molecule has 0 radical (unpaired) electrons. The van der Waals surface area contributed by atoms with Crippen LogP contribution in [0.5, 0.6) is 0 Å². The first-order valence-corrected chi connectivity index (χ1v) is 23.2. The van der Waals surface area contributed by atoms with Crippen molar-refractivity contribution in [3.05, 3.63) is 231 Å². The van der Waals surface area contributed by atoms with E-state index in [1.54, 1.807) is 0 Å². The number of hydrogen-bond acceptors (Lipinski definition) is 5. The van der Waals surface area contributed by atoms with Crippen molar-refractivity contribution in [2.24, 2.45) is 0 Å². The highest BCUT2D eigenvalue weighted by Crippen LogP contribution is 2.45. The summed E-state index contributed by atoms with van der Waals surface area (Å²) in [7, 11) is 0.